The largest absolute Gasteiger partial charge is 0.497 e. The number of fused-ring (bicyclic) bond motifs is 1. The van der Waals surface area contributed by atoms with Crippen LogP contribution in [0.4, 0.5) is 0 Å². The Bertz CT molecular complexity index is 1410. The number of nitrogens with one attached hydrogen (secondary N) is 1. The van der Waals surface area contributed by atoms with E-state index in [1.54, 1.807) is 37.4 Å². The summed E-state index contributed by atoms with van der Waals surface area (Å²) in [5.41, 5.74) is 4.61. The first-order valence-corrected chi connectivity index (χ1v) is 11.9. The molecule has 4 rings (SSSR count). The van der Waals surface area contributed by atoms with Gasteiger partial charge in [-0.15, -0.1) is 0 Å². The molecule has 0 radical (unpaired) electrons. The molecule has 0 atom stereocenters. The van der Waals surface area contributed by atoms with E-state index in [2.05, 4.69) is 24.4 Å². The maximum atomic E-state index is 12.8. The van der Waals surface area contributed by atoms with E-state index in [0.29, 0.717) is 34.3 Å². The number of rotatable bonds is 9. The van der Waals surface area contributed by atoms with Crippen molar-refractivity contribution >= 4 is 28.9 Å². The Hall–Kier alpha value is -4.65. The van der Waals surface area contributed by atoms with E-state index in [4.69, 9.17) is 14.2 Å². The molecule has 0 heterocycles. The van der Waals surface area contributed by atoms with Gasteiger partial charge in [0.05, 0.1) is 18.9 Å². The zero-order valence-electron chi connectivity index (χ0n) is 20.9. The van der Waals surface area contributed by atoms with E-state index >= 15 is 0 Å². The van der Waals surface area contributed by atoms with E-state index in [1.807, 2.05) is 54.6 Å². The number of amides is 1. The minimum atomic E-state index is -0.520. The molecular weight excluding hydrogens is 468 g/mol. The van der Waals surface area contributed by atoms with Crippen LogP contribution in [0.15, 0.2) is 90.0 Å². The predicted molar refractivity (Wildman–Crippen MR) is 144 cm³/mol. The van der Waals surface area contributed by atoms with Crippen LogP contribution in [0.2, 0.25) is 0 Å². The lowest BCUT2D eigenvalue weighted by atomic mass is 10.0. The van der Waals surface area contributed by atoms with Crippen molar-refractivity contribution in [3.8, 4) is 17.2 Å². The average molecular weight is 497 g/mol. The number of benzene rings is 4. The van der Waals surface area contributed by atoms with Crippen molar-refractivity contribution in [3.05, 3.63) is 102 Å². The van der Waals surface area contributed by atoms with Crippen LogP contribution >= 0.6 is 0 Å². The van der Waals surface area contributed by atoms with Crippen molar-refractivity contribution in [2.45, 2.75) is 19.8 Å². The predicted octanol–water partition coefficient (Wildman–Crippen LogP) is 5.72. The van der Waals surface area contributed by atoms with E-state index in [0.717, 1.165) is 10.8 Å². The summed E-state index contributed by atoms with van der Waals surface area (Å²) < 4.78 is 16.4. The fourth-order valence-electron chi connectivity index (χ4n) is 3.68. The molecule has 0 aliphatic carbocycles. The molecule has 0 fully saturated rings. The van der Waals surface area contributed by atoms with E-state index in [1.165, 1.54) is 11.8 Å². The maximum absolute atomic E-state index is 12.8. The Morgan fingerprint density at radius 2 is 1.59 bits per heavy atom. The molecule has 7 nitrogen and oxygen atoms in total. The van der Waals surface area contributed by atoms with E-state index < -0.39 is 11.9 Å². The zero-order valence-corrected chi connectivity index (χ0v) is 20.9. The molecule has 0 aliphatic heterocycles. The van der Waals surface area contributed by atoms with Gasteiger partial charge < -0.3 is 14.2 Å². The molecule has 0 saturated heterocycles. The Kier molecular flexibility index (Phi) is 8.15. The lowest BCUT2D eigenvalue weighted by Crippen LogP contribution is -2.24. The highest BCUT2D eigenvalue weighted by Crippen LogP contribution is 2.27. The molecule has 37 heavy (non-hydrogen) atoms. The summed E-state index contributed by atoms with van der Waals surface area (Å²) in [5, 5.41) is 5.85. The molecule has 0 saturated carbocycles. The van der Waals surface area contributed by atoms with Crippen LogP contribution < -0.4 is 19.6 Å². The number of carbonyl (C=O) groups is 2. The zero-order chi connectivity index (χ0) is 26.2. The van der Waals surface area contributed by atoms with Crippen LogP contribution in [-0.4, -0.2) is 31.8 Å². The molecule has 4 aromatic rings. The second kappa shape index (κ2) is 11.9. The van der Waals surface area contributed by atoms with Crippen molar-refractivity contribution in [2.75, 3.05) is 13.7 Å². The Balaban J connectivity index is 1.46. The van der Waals surface area contributed by atoms with Crippen LogP contribution in [0.5, 0.6) is 17.2 Å². The van der Waals surface area contributed by atoms with Crippen LogP contribution in [0.25, 0.3) is 10.8 Å². The molecule has 0 spiro atoms. The Morgan fingerprint density at radius 1 is 0.892 bits per heavy atom. The van der Waals surface area contributed by atoms with Crippen LogP contribution in [0.3, 0.4) is 0 Å². The van der Waals surface area contributed by atoms with Gasteiger partial charge in [0.2, 0.25) is 0 Å². The Morgan fingerprint density at radius 3 is 2.30 bits per heavy atom. The van der Waals surface area contributed by atoms with Gasteiger partial charge in [0, 0.05) is 5.56 Å². The van der Waals surface area contributed by atoms with E-state index in [9.17, 15) is 9.59 Å². The molecule has 188 valence electrons. The first-order chi connectivity index (χ1) is 17.9. The topological polar surface area (TPSA) is 86.2 Å². The molecule has 4 aromatic carbocycles. The van der Waals surface area contributed by atoms with Crippen LogP contribution in [-0.2, 0) is 4.79 Å². The summed E-state index contributed by atoms with van der Waals surface area (Å²) in [6, 6.07) is 25.5. The number of hydrogen-bond donors (Lipinski definition) is 1. The highest BCUT2D eigenvalue weighted by atomic mass is 16.5. The highest BCUT2D eigenvalue weighted by Gasteiger charge is 2.14. The quantitative estimate of drug-likeness (QED) is 0.139. The summed E-state index contributed by atoms with van der Waals surface area (Å²) in [6.07, 6.45) is 1.47. The normalized spacial score (nSPS) is 11.0. The van der Waals surface area contributed by atoms with Gasteiger partial charge in [-0.05, 0) is 64.7 Å². The van der Waals surface area contributed by atoms with Crippen molar-refractivity contribution in [2.24, 2.45) is 5.10 Å². The van der Waals surface area contributed by atoms with Gasteiger partial charge in [-0.2, -0.15) is 5.10 Å². The minimum Gasteiger partial charge on any atom is -0.497 e. The first-order valence-electron chi connectivity index (χ1n) is 11.9. The van der Waals surface area contributed by atoms with Crippen LogP contribution in [0.1, 0.15) is 41.3 Å². The molecule has 0 bridgehead atoms. The number of methoxy groups -OCH3 is 1. The second-order valence-electron chi connectivity index (χ2n) is 8.62. The van der Waals surface area contributed by atoms with Gasteiger partial charge in [0.25, 0.3) is 5.91 Å². The molecule has 7 heteroatoms. The number of carbonyl (C=O) groups excluding carboxylic acids is 2. The number of nitrogens with zero attached hydrogens (tertiary/aromatic N) is 1. The number of hydrogen-bond acceptors (Lipinski definition) is 6. The lowest BCUT2D eigenvalue weighted by molar-refractivity contribution is -0.123. The second-order valence-corrected chi connectivity index (χ2v) is 8.62. The molecule has 1 N–H and O–H groups in total. The van der Waals surface area contributed by atoms with Crippen molar-refractivity contribution in [1.82, 2.24) is 5.43 Å². The minimum absolute atomic E-state index is 0.187. The fraction of sp³-hybridized carbons (Fsp3) is 0.167. The smallest absolute Gasteiger partial charge is 0.343 e. The van der Waals surface area contributed by atoms with Crippen LogP contribution in [0, 0.1) is 0 Å². The third-order valence-corrected chi connectivity index (χ3v) is 5.76. The molecule has 0 aromatic heterocycles. The standard InChI is InChI=1S/C30H28N2O5/c1-20(2)21-8-15-25(16-9-21)36-19-29(33)32-31-18-27-26-7-5-4-6-22(26)12-17-28(27)37-30(34)23-10-13-24(35-3)14-11-23/h4-18,20H,19H2,1-3H3,(H,32,33). The highest BCUT2D eigenvalue weighted by molar-refractivity contribution is 6.04. The van der Waals surface area contributed by atoms with Crippen molar-refractivity contribution in [3.63, 3.8) is 0 Å². The number of ether oxygens (including phenoxy) is 3. The summed E-state index contributed by atoms with van der Waals surface area (Å²) in [4.78, 5) is 25.1. The van der Waals surface area contributed by atoms with Gasteiger partial charge >= 0.3 is 5.97 Å². The first kappa shape index (κ1) is 25.4. The monoisotopic (exact) mass is 496 g/mol. The van der Waals surface area contributed by atoms with Gasteiger partial charge in [-0.1, -0.05) is 56.3 Å². The average Bonchev–Trinajstić information content (AvgIpc) is 2.93. The summed E-state index contributed by atoms with van der Waals surface area (Å²) in [5.74, 6) is 1.04. The number of hydrazone groups is 1. The lowest BCUT2D eigenvalue weighted by Gasteiger charge is -2.11. The molecule has 1 amide bonds. The summed E-state index contributed by atoms with van der Waals surface area (Å²) in [7, 11) is 1.56. The molecule has 0 unspecified atom stereocenters. The van der Waals surface area contributed by atoms with Gasteiger partial charge in [-0.25, -0.2) is 10.2 Å². The maximum Gasteiger partial charge on any atom is 0.343 e. The third-order valence-electron chi connectivity index (χ3n) is 5.76. The Labute approximate surface area is 215 Å². The van der Waals surface area contributed by atoms with Crippen molar-refractivity contribution in [1.29, 1.82) is 0 Å². The van der Waals surface area contributed by atoms with Gasteiger partial charge in [-0.3, -0.25) is 4.79 Å². The summed E-state index contributed by atoms with van der Waals surface area (Å²) in [6.45, 7) is 4.04. The van der Waals surface area contributed by atoms with Gasteiger partial charge in [0.1, 0.15) is 17.2 Å². The summed E-state index contributed by atoms with van der Waals surface area (Å²) >= 11 is 0. The van der Waals surface area contributed by atoms with E-state index in [-0.39, 0.29) is 6.61 Å². The SMILES string of the molecule is COc1ccc(C(=O)Oc2ccc3ccccc3c2C=NNC(=O)COc2ccc(C(C)C)cc2)cc1. The third kappa shape index (κ3) is 6.52. The van der Waals surface area contributed by atoms with Crippen molar-refractivity contribution < 1.29 is 23.8 Å². The number of esters is 1. The fourth-order valence-corrected chi connectivity index (χ4v) is 3.68. The molecular formula is C30H28N2O5. The molecule has 0 aliphatic rings. The van der Waals surface area contributed by atoms with Gasteiger partial charge in [0.15, 0.2) is 6.61 Å².